The average Bonchev–Trinajstić information content (AvgIpc) is 1.51. The Morgan fingerprint density at radius 3 is 0.913 bits per heavy atom. The number of nitrogens with zero attached hydrogens (tertiary/aromatic N) is 4. The van der Waals surface area contributed by atoms with Crippen molar-refractivity contribution in [3.8, 4) is 111 Å². The molecule has 6 aromatic heterocycles. The standard InChI is InChI=1S/C128H98F5N9O6S2/c1-63-51-65(3)109(66(4)52-63)116-93-39-41-97(137-93)118(98-42-40-94(138-98)117(110-67(5)53-64(2)54-68(110)6)96-46-50-106(142-96)122(105-49-45-95(116)141-105)123-124(129)126(131)128(133)127(132)125(123)130)112-71(9)57-83(58-72(112)10)90-61-107(149-148-147-143)89(62-108(90)150(144,145)146)82-55-69(7)111(70(8)56-82)119-99-43-47-103(139-99)120(113-73(11)85(77-23-15-16-24-77)59-86(74(113)12)78-25-17-18-26-78)101-37-35-91(135-101)115(81-31-33-84(134)34-32-81)92-36-38-102(136-92)121(104-48-44-100(119)140-104)114-75(13)87(79-27-19-20-28-79)60-88(76(114)14)80-29-21-22-30-80/h15-62,135,137,140,142-143H,134H2,1-14H3,(H,144,145,146). The number of aromatic nitrogens is 8. The molecule has 738 valence electrons. The van der Waals surface area contributed by atoms with Crippen molar-refractivity contribution in [2.45, 2.75) is 107 Å². The van der Waals surface area contributed by atoms with E-state index in [2.05, 4.69) is 212 Å². The highest BCUT2D eigenvalue weighted by molar-refractivity contribution is 7.94. The Morgan fingerprint density at radius 2 is 0.587 bits per heavy atom. The van der Waals surface area contributed by atoms with E-state index >= 15 is 22.0 Å². The van der Waals surface area contributed by atoms with Crippen molar-refractivity contribution in [1.82, 2.24) is 39.9 Å². The number of benzene rings is 9. The number of allylic oxidation sites excluding steroid dienone is 16. The SMILES string of the molecule is Cc1cc(C)c(-c2c3nc(c(-c4c(F)c(F)c(F)c(F)c4F)c4ccc([nH]4)c(-c4c(C)cc(C)cc4C)c4nc(c(-c5c(C)cc(-c6cc(SOOO)c(-c7cc(C)c(-c8c9nc(c(-c%10c(C)c([C]%11C=CC=C%11)cc(C%11=C[CH]C=C%11)c%10C)c%10ccc([nH]%10)c(-c%10ccc(N)cc%10)c%10nc(c(-c%11c(C)c(C%12=C[CH]C=C%12)cc(C%12=C[CH]C=C%12)c%11C)c%11ccc8[nH]%11)C=C%10)C=C9)c(C)c7)cc6S(=O)(=O)O)cc5C)c5ccc2[nH]5)C=C4)C=C3)c(C)c1. The van der Waals surface area contributed by atoms with E-state index < -0.39 is 49.7 Å². The van der Waals surface area contributed by atoms with Crippen molar-refractivity contribution < 1.29 is 49.6 Å². The lowest BCUT2D eigenvalue weighted by molar-refractivity contribution is -0.432. The quantitative estimate of drug-likeness (QED) is 0.00621. The Kier molecular flexibility index (Phi) is 24.5. The van der Waals surface area contributed by atoms with Crippen LogP contribution in [0.2, 0.25) is 0 Å². The maximum atomic E-state index is 16.8. The summed E-state index contributed by atoms with van der Waals surface area (Å²) in [6.45, 7) is 28.4. The zero-order valence-corrected chi connectivity index (χ0v) is 85.9. The Balaban J connectivity index is 0.742. The minimum absolute atomic E-state index is 0.0140. The van der Waals surface area contributed by atoms with Gasteiger partial charge in [-0.05, 0) is 392 Å². The molecule has 16 bridgehead atoms. The van der Waals surface area contributed by atoms with E-state index in [1.54, 1.807) is 18.2 Å². The van der Waals surface area contributed by atoms with Crippen molar-refractivity contribution in [2.75, 3.05) is 5.73 Å². The lowest BCUT2D eigenvalue weighted by Crippen LogP contribution is -2.05. The first-order valence-corrected chi connectivity index (χ1v) is 51.5. The van der Waals surface area contributed by atoms with Crippen LogP contribution in [0.5, 0.6) is 0 Å². The van der Waals surface area contributed by atoms with Crippen molar-refractivity contribution in [1.29, 1.82) is 0 Å². The number of hydrogen-bond acceptors (Lipinski definition) is 11. The zero-order chi connectivity index (χ0) is 104. The Bertz CT molecular complexity index is 9240. The molecule has 150 heavy (non-hydrogen) atoms. The molecule has 0 saturated carbocycles. The van der Waals surface area contributed by atoms with Gasteiger partial charge in [-0.2, -0.15) is 8.42 Å². The smallest absolute Gasteiger partial charge is 0.295 e. The Hall–Kier alpha value is -16.3. The number of nitrogens with one attached hydrogen (secondary N) is 4. The highest BCUT2D eigenvalue weighted by Crippen LogP contribution is 2.53. The van der Waals surface area contributed by atoms with Crippen LogP contribution in [-0.4, -0.2) is 58.1 Å². The molecule has 10 heterocycles. The van der Waals surface area contributed by atoms with Crippen LogP contribution in [-0.2, 0) is 19.5 Å². The third-order valence-corrected chi connectivity index (χ3v) is 31.4. The van der Waals surface area contributed by atoms with Gasteiger partial charge in [0, 0.05) is 130 Å². The minimum atomic E-state index is -5.18. The highest BCUT2D eigenvalue weighted by Gasteiger charge is 2.35. The first-order valence-electron chi connectivity index (χ1n) is 49.3. The summed E-state index contributed by atoms with van der Waals surface area (Å²) in [4.78, 5) is 37.6. The molecule has 0 spiro atoms. The Labute approximate surface area is 869 Å². The largest absolute Gasteiger partial charge is 0.399 e. The third-order valence-electron chi connectivity index (χ3n) is 29.8. The molecule has 0 fully saturated rings. The van der Waals surface area contributed by atoms with Crippen LogP contribution in [0.25, 0.3) is 221 Å². The summed E-state index contributed by atoms with van der Waals surface area (Å²) in [5.74, 6) is -9.56. The van der Waals surface area contributed by atoms with Crippen LogP contribution < -0.4 is 5.73 Å². The fourth-order valence-corrected chi connectivity index (χ4v) is 24.8. The van der Waals surface area contributed by atoms with E-state index in [-0.39, 0.29) is 32.8 Å². The van der Waals surface area contributed by atoms with Gasteiger partial charge in [0.1, 0.15) is 4.90 Å². The van der Waals surface area contributed by atoms with Crippen LogP contribution in [0.15, 0.2) is 234 Å². The number of fused-ring (bicyclic) bond motifs is 16. The van der Waals surface area contributed by atoms with Gasteiger partial charge in [0.15, 0.2) is 23.3 Å². The van der Waals surface area contributed by atoms with Gasteiger partial charge in [-0.1, -0.05) is 156 Å². The molecule has 8 aliphatic rings. The first kappa shape index (κ1) is 97.1. The van der Waals surface area contributed by atoms with Crippen molar-refractivity contribution in [2.24, 2.45) is 0 Å². The number of aromatic amines is 4. The van der Waals surface area contributed by atoms with E-state index in [4.69, 9.17) is 30.0 Å². The summed E-state index contributed by atoms with van der Waals surface area (Å²) in [5.41, 5.74) is 45.9. The van der Waals surface area contributed by atoms with Gasteiger partial charge in [-0.25, -0.2) is 47.1 Å². The molecule has 15 aromatic rings. The van der Waals surface area contributed by atoms with Crippen LogP contribution in [0, 0.1) is 151 Å². The average molecular weight is 2020 g/mol. The first-order chi connectivity index (χ1) is 72.2. The molecule has 0 saturated heterocycles. The van der Waals surface area contributed by atoms with E-state index in [9.17, 15) is 18.2 Å². The number of hydrogen-bond donors (Lipinski definition) is 7. The lowest BCUT2D eigenvalue weighted by atomic mass is 9.82. The molecular formula is C128H98F5N9O6S2. The number of halogens is 5. The number of nitrogens with two attached hydrogens (primary N) is 1. The second kappa shape index (κ2) is 37.8. The van der Waals surface area contributed by atoms with Crippen LogP contribution in [0.3, 0.4) is 0 Å². The van der Waals surface area contributed by atoms with Gasteiger partial charge in [-0.15, -0.1) is 4.33 Å². The zero-order valence-electron chi connectivity index (χ0n) is 84.3. The van der Waals surface area contributed by atoms with E-state index in [0.29, 0.717) is 118 Å². The number of H-pyrrole nitrogens is 4. The van der Waals surface area contributed by atoms with Crippen LogP contribution >= 0.6 is 12.0 Å². The normalized spacial score (nSPS) is 14.0. The predicted molar refractivity (Wildman–Crippen MR) is 601 cm³/mol. The second-order valence-electron chi connectivity index (χ2n) is 39.5. The third kappa shape index (κ3) is 16.6. The van der Waals surface area contributed by atoms with Crippen LogP contribution in [0.1, 0.15) is 146 Å². The monoisotopic (exact) mass is 2020 g/mol. The van der Waals surface area contributed by atoms with Gasteiger partial charge in [-0.3, -0.25) is 4.55 Å². The van der Waals surface area contributed by atoms with Gasteiger partial charge in [0.05, 0.1) is 63.2 Å². The molecule has 0 amide bonds. The summed E-state index contributed by atoms with van der Waals surface area (Å²) >= 11 is 0.637. The molecule has 0 unspecified atom stereocenters. The molecule has 9 aromatic carbocycles. The molecular weight excluding hydrogens is 1920 g/mol. The minimum Gasteiger partial charge on any atom is -0.399 e. The molecule has 4 radical (unpaired) electrons. The lowest BCUT2D eigenvalue weighted by Gasteiger charge is -2.22. The van der Waals surface area contributed by atoms with E-state index in [1.165, 1.54) is 18.2 Å². The molecule has 15 nitrogen and oxygen atoms in total. The van der Waals surface area contributed by atoms with Crippen molar-refractivity contribution >= 4 is 137 Å². The summed E-state index contributed by atoms with van der Waals surface area (Å²) in [7, 11) is -5.18. The molecule has 22 heteroatoms. The predicted octanol–water partition coefficient (Wildman–Crippen LogP) is 33.1. The molecule has 8 N–H and O–H groups in total. The molecule has 0 atom stereocenters. The van der Waals surface area contributed by atoms with Crippen molar-refractivity contribution in [3.63, 3.8) is 0 Å². The van der Waals surface area contributed by atoms with Crippen LogP contribution in [0.4, 0.5) is 27.6 Å². The van der Waals surface area contributed by atoms with Gasteiger partial charge in [0.25, 0.3) is 10.1 Å². The van der Waals surface area contributed by atoms with Gasteiger partial charge < -0.3 is 25.7 Å². The highest BCUT2D eigenvalue weighted by atomic mass is 32.2. The number of anilines is 1. The number of nitrogen functional groups attached to an aromatic ring is 1. The van der Waals surface area contributed by atoms with Gasteiger partial charge >= 0.3 is 0 Å². The fourth-order valence-electron chi connectivity index (χ4n) is 23.5. The summed E-state index contributed by atoms with van der Waals surface area (Å²) in [6.07, 6.45) is 49.1. The summed E-state index contributed by atoms with van der Waals surface area (Å²) in [5, 5.41) is 14.6. The van der Waals surface area contributed by atoms with Crippen molar-refractivity contribution in [3.05, 3.63) is 425 Å². The van der Waals surface area contributed by atoms with E-state index in [1.807, 2.05) is 166 Å². The maximum absolute atomic E-state index is 16.8. The number of rotatable bonds is 18. The fraction of sp³-hybridized carbons (Fsp3) is 0.109. The number of aryl methyl sites for hydroxylation is 10. The molecule has 4 aliphatic heterocycles. The summed E-state index contributed by atoms with van der Waals surface area (Å²) < 4.78 is 127. The maximum Gasteiger partial charge on any atom is 0.295 e. The van der Waals surface area contributed by atoms with E-state index in [0.717, 1.165) is 190 Å². The summed E-state index contributed by atoms with van der Waals surface area (Å²) in [6, 6.07) is 46.8. The molecule has 23 rings (SSSR count). The Morgan fingerprint density at radius 1 is 0.293 bits per heavy atom. The molecule has 4 aliphatic carbocycles. The topological polar surface area (TPSA) is 234 Å². The second-order valence-corrected chi connectivity index (χ2v) is 41.7. The van der Waals surface area contributed by atoms with Gasteiger partial charge in [0.2, 0.25) is 5.82 Å².